The molecule has 1 aliphatic rings. The molecule has 0 aromatic heterocycles. The van der Waals surface area contributed by atoms with Crippen LogP contribution in [0.1, 0.15) is 12.5 Å². The van der Waals surface area contributed by atoms with E-state index < -0.39 is 31.1 Å². The molecule has 3 amide bonds. The Labute approximate surface area is 153 Å². The van der Waals surface area contributed by atoms with Gasteiger partial charge in [0.25, 0.3) is 5.91 Å². The number of hydrogen-bond donors (Lipinski definition) is 1. The van der Waals surface area contributed by atoms with Crippen molar-refractivity contribution in [2.45, 2.75) is 13.5 Å². The van der Waals surface area contributed by atoms with E-state index in [9.17, 15) is 23.2 Å². The van der Waals surface area contributed by atoms with Crippen LogP contribution in [0.5, 0.6) is 11.5 Å². The molecule has 0 radical (unpaired) electrons. The number of hydrogen-bond acceptors (Lipinski definition) is 6. The third-order valence-electron chi connectivity index (χ3n) is 3.39. The molecule has 1 heterocycles. The fourth-order valence-corrected chi connectivity index (χ4v) is 2.22. The van der Waals surface area contributed by atoms with Gasteiger partial charge in [-0.25, -0.2) is 9.59 Å². The Morgan fingerprint density at radius 2 is 2.11 bits per heavy atom. The lowest BCUT2D eigenvalue weighted by Gasteiger charge is -2.12. The van der Waals surface area contributed by atoms with Gasteiger partial charge < -0.3 is 19.5 Å². The van der Waals surface area contributed by atoms with Crippen molar-refractivity contribution in [3.05, 3.63) is 29.8 Å². The van der Waals surface area contributed by atoms with Gasteiger partial charge in [0, 0.05) is 19.2 Å². The van der Waals surface area contributed by atoms with Gasteiger partial charge in [-0.2, -0.15) is 8.78 Å². The second-order valence-corrected chi connectivity index (χ2v) is 5.24. The summed E-state index contributed by atoms with van der Waals surface area (Å²) < 4.78 is 39.1. The van der Waals surface area contributed by atoms with Crippen LogP contribution in [0, 0.1) is 0 Å². The van der Waals surface area contributed by atoms with Crippen LogP contribution < -0.4 is 14.8 Å². The van der Waals surface area contributed by atoms with E-state index >= 15 is 0 Å². The van der Waals surface area contributed by atoms with Crippen molar-refractivity contribution in [3.8, 4) is 11.5 Å². The predicted octanol–water partition coefficient (Wildman–Crippen LogP) is 1.79. The summed E-state index contributed by atoms with van der Waals surface area (Å²) in [5.41, 5.74) is 0.474. The molecule has 8 nitrogen and oxygen atoms in total. The number of esters is 1. The molecule has 1 aromatic rings. The highest BCUT2D eigenvalue weighted by Gasteiger charge is 2.26. The SMILES string of the molecule is CCOc1cc(/C=C/C(=O)OCC(=O)N2CCNC2=O)ccc1OC(F)F. The molecule has 0 aliphatic carbocycles. The lowest BCUT2D eigenvalue weighted by Crippen LogP contribution is -2.37. The zero-order valence-electron chi connectivity index (χ0n) is 14.4. The van der Waals surface area contributed by atoms with Crippen molar-refractivity contribution in [3.63, 3.8) is 0 Å². The molecule has 0 saturated carbocycles. The van der Waals surface area contributed by atoms with E-state index in [2.05, 4.69) is 10.1 Å². The summed E-state index contributed by atoms with van der Waals surface area (Å²) in [6, 6.07) is 3.63. The highest BCUT2D eigenvalue weighted by molar-refractivity contribution is 5.97. The van der Waals surface area contributed by atoms with Crippen molar-refractivity contribution >= 4 is 24.0 Å². The maximum atomic E-state index is 12.4. The number of nitrogens with zero attached hydrogens (tertiary/aromatic N) is 1. The number of imide groups is 1. The molecule has 0 spiro atoms. The summed E-state index contributed by atoms with van der Waals surface area (Å²) in [6.07, 6.45) is 2.43. The molecule has 1 aromatic carbocycles. The molecule has 0 atom stereocenters. The fourth-order valence-electron chi connectivity index (χ4n) is 2.22. The monoisotopic (exact) mass is 384 g/mol. The van der Waals surface area contributed by atoms with Gasteiger partial charge in [0.15, 0.2) is 18.1 Å². The Kier molecular flexibility index (Phi) is 7.09. The van der Waals surface area contributed by atoms with Gasteiger partial charge in [-0.15, -0.1) is 0 Å². The average molecular weight is 384 g/mol. The number of carbonyl (C=O) groups is 3. The highest BCUT2D eigenvalue weighted by Crippen LogP contribution is 2.30. The number of rotatable bonds is 8. The first-order valence-electron chi connectivity index (χ1n) is 8.05. The minimum atomic E-state index is -2.99. The van der Waals surface area contributed by atoms with Crippen LogP contribution in [0.4, 0.5) is 13.6 Å². The van der Waals surface area contributed by atoms with E-state index in [4.69, 9.17) is 9.47 Å². The van der Waals surface area contributed by atoms with Crippen LogP contribution in [-0.2, 0) is 14.3 Å². The molecular weight excluding hydrogens is 366 g/mol. The zero-order valence-corrected chi connectivity index (χ0v) is 14.4. The van der Waals surface area contributed by atoms with Crippen molar-refractivity contribution in [1.82, 2.24) is 10.2 Å². The largest absolute Gasteiger partial charge is 0.490 e. The first kappa shape index (κ1) is 20.1. The molecule has 0 bridgehead atoms. The summed E-state index contributed by atoms with van der Waals surface area (Å²) in [7, 11) is 0. The Balaban J connectivity index is 1.93. The number of ether oxygens (including phenoxy) is 3. The van der Waals surface area contributed by atoms with Crippen molar-refractivity contribution in [1.29, 1.82) is 0 Å². The normalized spacial score (nSPS) is 13.8. The quantitative estimate of drug-likeness (QED) is 0.543. The summed E-state index contributed by atoms with van der Waals surface area (Å²) >= 11 is 0. The first-order chi connectivity index (χ1) is 12.9. The maximum Gasteiger partial charge on any atom is 0.387 e. The standard InChI is InChI=1S/C17H18F2N2O6/c1-2-25-13-9-11(3-5-12(13)27-16(18)19)4-6-15(23)26-10-14(22)21-8-7-20-17(21)24/h3-6,9,16H,2,7-8,10H2,1H3,(H,20,24)/b6-4+. The van der Waals surface area contributed by atoms with Crippen LogP contribution in [0.2, 0.25) is 0 Å². The van der Waals surface area contributed by atoms with Crippen LogP contribution in [0.15, 0.2) is 24.3 Å². The van der Waals surface area contributed by atoms with Gasteiger partial charge in [-0.3, -0.25) is 9.69 Å². The summed E-state index contributed by atoms with van der Waals surface area (Å²) in [6.45, 7) is -1.06. The van der Waals surface area contributed by atoms with Crippen molar-refractivity contribution in [2.24, 2.45) is 0 Å². The smallest absolute Gasteiger partial charge is 0.387 e. The highest BCUT2D eigenvalue weighted by atomic mass is 19.3. The summed E-state index contributed by atoms with van der Waals surface area (Å²) in [5.74, 6) is -1.45. The van der Waals surface area contributed by atoms with Gasteiger partial charge >= 0.3 is 18.6 Å². The number of alkyl halides is 2. The zero-order chi connectivity index (χ0) is 19.8. The predicted molar refractivity (Wildman–Crippen MR) is 89.3 cm³/mol. The lowest BCUT2D eigenvalue weighted by molar-refractivity contribution is -0.146. The Morgan fingerprint density at radius 1 is 1.33 bits per heavy atom. The van der Waals surface area contributed by atoms with E-state index in [0.717, 1.165) is 11.0 Å². The molecule has 27 heavy (non-hydrogen) atoms. The van der Waals surface area contributed by atoms with Crippen LogP contribution in [0.3, 0.4) is 0 Å². The van der Waals surface area contributed by atoms with E-state index in [1.807, 2.05) is 0 Å². The lowest BCUT2D eigenvalue weighted by atomic mass is 10.2. The number of urea groups is 1. The van der Waals surface area contributed by atoms with Gasteiger partial charge in [-0.1, -0.05) is 6.07 Å². The molecular formula is C17H18F2N2O6. The van der Waals surface area contributed by atoms with Crippen molar-refractivity contribution in [2.75, 3.05) is 26.3 Å². The van der Waals surface area contributed by atoms with Gasteiger partial charge in [-0.05, 0) is 30.7 Å². The number of nitrogens with one attached hydrogen (secondary N) is 1. The maximum absolute atomic E-state index is 12.4. The summed E-state index contributed by atoms with van der Waals surface area (Å²) in [5, 5.41) is 2.46. The number of amides is 3. The number of benzene rings is 1. The summed E-state index contributed by atoms with van der Waals surface area (Å²) in [4.78, 5) is 35.7. The van der Waals surface area contributed by atoms with Crippen LogP contribution >= 0.6 is 0 Å². The van der Waals surface area contributed by atoms with Crippen LogP contribution in [-0.4, -0.2) is 55.7 Å². The third kappa shape index (κ3) is 5.94. The Bertz CT molecular complexity index is 738. The first-order valence-corrected chi connectivity index (χ1v) is 8.05. The third-order valence-corrected chi connectivity index (χ3v) is 3.39. The second kappa shape index (κ2) is 9.51. The number of carbonyl (C=O) groups excluding carboxylic acids is 3. The topological polar surface area (TPSA) is 94.2 Å². The van der Waals surface area contributed by atoms with Gasteiger partial charge in [0.2, 0.25) is 0 Å². The fraction of sp³-hybridized carbons (Fsp3) is 0.353. The Morgan fingerprint density at radius 3 is 2.74 bits per heavy atom. The molecule has 1 aliphatic heterocycles. The van der Waals surface area contributed by atoms with Crippen LogP contribution in [0.25, 0.3) is 6.08 Å². The molecule has 1 saturated heterocycles. The van der Waals surface area contributed by atoms with E-state index in [1.165, 1.54) is 24.3 Å². The Hall–Kier alpha value is -3.17. The van der Waals surface area contributed by atoms with E-state index in [-0.39, 0.29) is 24.7 Å². The van der Waals surface area contributed by atoms with Crippen molar-refractivity contribution < 1.29 is 37.4 Å². The molecule has 0 unspecified atom stereocenters. The average Bonchev–Trinajstić information content (AvgIpc) is 3.05. The molecule has 1 N–H and O–H groups in total. The molecule has 146 valence electrons. The molecule has 1 fully saturated rings. The minimum Gasteiger partial charge on any atom is -0.490 e. The molecule has 2 rings (SSSR count). The second-order valence-electron chi connectivity index (χ2n) is 5.24. The van der Waals surface area contributed by atoms with Gasteiger partial charge in [0.1, 0.15) is 0 Å². The molecule has 10 heteroatoms. The van der Waals surface area contributed by atoms with E-state index in [0.29, 0.717) is 12.1 Å². The minimum absolute atomic E-state index is 0.101. The van der Waals surface area contributed by atoms with Gasteiger partial charge in [0.05, 0.1) is 6.61 Å². The van der Waals surface area contributed by atoms with E-state index in [1.54, 1.807) is 6.92 Å². The number of halogens is 2.